The molecule has 1 aliphatic rings. The molecule has 11 heteroatoms. The van der Waals surface area contributed by atoms with Gasteiger partial charge in [-0.15, -0.1) is 0 Å². The van der Waals surface area contributed by atoms with Crippen LogP contribution in [0.1, 0.15) is 33.3 Å². The molecule has 1 aromatic carbocycles. The van der Waals surface area contributed by atoms with Gasteiger partial charge in [-0.1, -0.05) is 30.3 Å². The predicted molar refractivity (Wildman–Crippen MR) is 140 cm³/mol. The van der Waals surface area contributed by atoms with Crippen LogP contribution in [0.3, 0.4) is 0 Å². The first-order valence-corrected chi connectivity index (χ1v) is 13.3. The molecule has 0 unspecified atom stereocenters. The highest BCUT2D eigenvalue weighted by atomic mass is 32.2. The Morgan fingerprint density at radius 3 is 2.22 bits per heavy atom. The first-order chi connectivity index (χ1) is 16.8. The molecule has 0 amide bonds. The van der Waals surface area contributed by atoms with Gasteiger partial charge in [0, 0.05) is 42.9 Å². The summed E-state index contributed by atoms with van der Waals surface area (Å²) in [5.41, 5.74) is 0.554. The number of hydrogen-bond donors (Lipinski definition) is 0. The van der Waals surface area contributed by atoms with Crippen LogP contribution in [0.4, 0.5) is 0 Å². The number of rotatable bonds is 5. The lowest BCUT2D eigenvalue weighted by molar-refractivity contribution is 0.00578. The molecule has 0 saturated carbocycles. The van der Waals surface area contributed by atoms with Crippen LogP contribution < -0.4 is 11.0 Å². The second kappa shape index (κ2) is 8.19. The Morgan fingerprint density at radius 1 is 1.00 bits per heavy atom. The average Bonchev–Trinajstić information content (AvgIpc) is 3.45. The molecule has 36 heavy (non-hydrogen) atoms. The van der Waals surface area contributed by atoms with Crippen molar-refractivity contribution in [1.82, 2.24) is 18.3 Å². The maximum absolute atomic E-state index is 13.9. The van der Waals surface area contributed by atoms with Gasteiger partial charge in [-0.3, -0.25) is 9.48 Å². The van der Waals surface area contributed by atoms with Gasteiger partial charge in [0.25, 0.3) is 5.56 Å². The van der Waals surface area contributed by atoms with Gasteiger partial charge in [0.1, 0.15) is 5.52 Å². The maximum Gasteiger partial charge on any atom is 0.497 e. The van der Waals surface area contributed by atoms with E-state index in [1.54, 1.807) is 67.7 Å². The Labute approximate surface area is 210 Å². The lowest BCUT2D eigenvalue weighted by Crippen LogP contribution is -2.41. The van der Waals surface area contributed by atoms with E-state index < -0.39 is 33.9 Å². The van der Waals surface area contributed by atoms with Crippen molar-refractivity contribution in [2.24, 2.45) is 14.1 Å². The van der Waals surface area contributed by atoms with Gasteiger partial charge in [-0.25, -0.2) is 12.4 Å². The minimum absolute atomic E-state index is 0.0551. The van der Waals surface area contributed by atoms with Gasteiger partial charge in [0.2, 0.25) is 10.0 Å². The van der Waals surface area contributed by atoms with Gasteiger partial charge >= 0.3 is 7.12 Å². The van der Waals surface area contributed by atoms with Crippen molar-refractivity contribution in [2.45, 2.75) is 44.6 Å². The zero-order valence-electron chi connectivity index (χ0n) is 21.2. The van der Waals surface area contributed by atoms with E-state index in [1.807, 2.05) is 33.8 Å². The predicted octanol–water partition coefficient (Wildman–Crippen LogP) is 2.42. The molecule has 4 heterocycles. The molecule has 0 atom stereocenters. The highest BCUT2D eigenvalue weighted by Gasteiger charge is 2.52. The SMILES string of the molecule is Cn1cc(-c2cc3c(B4OC(C)(C)C(C)(C)O4)cn(C)c(=O)c3n2S(=O)(=O)Cc2ccccc2)cn1. The topological polar surface area (TPSA) is 97.4 Å². The quantitative estimate of drug-likeness (QED) is 0.384. The van der Waals surface area contributed by atoms with Crippen LogP contribution in [-0.4, -0.2) is 45.1 Å². The van der Waals surface area contributed by atoms with Crippen LogP contribution >= 0.6 is 0 Å². The summed E-state index contributed by atoms with van der Waals surface area (Å²) < 4.78 is 44.5. The van der Waals surface area contributed by atoms with Crippen molar-refractivity contribution in [2.75, 3.05) is 0 Å². The minimum atomic E-state index is -4.01. The molecule has 0 bridgehead atoms. The van der Waals surface area contributed by atoms with Gasteiger partial charge in [-0.05, 0) is 39.3 Å². The fraction of sp³-hybridized carbons (Fsp3) is 0.360. The number of benzene rings is 1. The van der Waals surface area contributed by atoms with Gasteiger partial charge in [-0.2, -0.15) is 5.10 Å². The number of hydrogen-bond acceptors (Lipinski definition) is 6. The summed E-state index contributed by atoms with van der Waals surface area (Å²) in [5.74, 6) is -0.269. The van der Waals surface area contributed by atoms with Crippen LogP contribution in [0.15, 0.2) is 59.8 Å². The lowest BCUT2D eigenvalue weighted by atomic mass is 9.78. The number of aromatic nitrogens is 4. The van der Waals surface area contributed by atoms with Crippen LogP contribution in [0.2, 0.25) is 0 Å². The number of aryl methyl sites for hydroxylation is 2. The van der Waals surface area contributed by atoms with E-state index in [-0.39, 0.29) is 11.3 Å². The highest BCUT2D eigenvalue weighted by molar-refractivity contribution is 7.89. The summed E-state index contributed by atoms with van der Waals surface area (Å²) in [5, 5.41) is 4.69. The smallest absolute Gasteiger partial charge is 0.399 e. The van der Waals surface area contributed by atoms with Crippen molar-refractivity contribution in [3.05, 3.63) is 70.9 Å². The molecule has 0 radical (unpaired) electrons. The second-order valence-corrected chi connectivity index (χ2v) is 12.1. The third-order valence-corrected chi connectivity index (χ3v) is 8.74. The molecular formula is C25H29BN4O5S. The van der Waals surface area contributed by atoms with E-state index in [0.29, 0.717) is 27.7 Å². The molecular weight excluding hydrogens is 479 g/mol. The number of pyridine rings is 1. The molecule has 0 N–H and O–H groups in total. The fourth-order valence-electron chi connectivity index (χ4n) is 4.47. The van der Waals surface area contributed by atoms with Gasteiger partial charge in [0.05, 0.1) is 28.8 Å². The minimum Gasteiger partial charge on any atom is -0.399 e. The number of fused-ring (bicyclic) bond motifs is 1. The molecule has 5 rings (SSSR count). The van der Waals surface area contributed by atoms with Crippen LogP contribution in [0, 0.1) is 0 Å². The standard InChI is InChI=1S/C25H29BN4O5S/c1-24(2)25(3,4)35-26(34-24)20-15-28(5)23(31)22-19(20)12-21(18-13-27-29(6)14-18)30(22)36(32,33)16-17-10-8-7-9-11-17/h7-15H,16H2,1-6H3. The van der Waals surface area contributed by atoms with E-state index >= 15 is 0 Å². The largest absolute Gasteiger partial charge is 0.497 e. The normalized spacial score (nSPS) is 17.2. The van der Waals surface area contributed by atoms with E-state index in [4.69, 9.17) is 9.31 Å². The van der Waals surface area contributed by atoms with Crippen molar-refractivity contribution in [1.29, 1.82) is 0 Å². The van der Waals surface area contributed by atoms with Gasteiger partial charge in [0.15, 0.2) is 0 Å². The van der Waals surface area contributed by atoms with E-state index in [0.717, 1.165) is 3.97 Å². The summed E-state index contributed by atoms with van der Waals surface area (Å²) in [6.45, 7) is 7.79. The number of nitrogens with zero attached hydrogens (tertiary/aromatic N) is 4. The maximum atomic E-state index is 13.9. The molecule has 4 aromatic rings. The van der Waals surface area contributed by atoms with E-state index in [2.05, 4.69) is 5.10 Å². The summed E-state index contributed by atoms with van der Waals surface area (Å²) in [7, 11) is -1.43. The monoisotopic (exact) mass is 508 g/mol. The van der Waals surface area contributed by atoms with Crippen LogP contribution in [0.25, 0.3) is 22.2 Å². The first-order valence-electron chi connectivity index (χ1n) is 11.7. The molecule has 188 valence electrons. The lowest BCUT2D eigenvalue weighted by Gasteiger charge is -2.32. The van der Waals surface area contributed by atoms with Crippen LogP contribution in [0.5, 0.6) is 0 Å². The Hall–Kier alpha value is -3.15. The highest BCUT2D eigenvalue weighted by Crippen LogP contribution is 2.37. The van der Waals surface area contributed by atoms with Crippen molar-refractivity contribution < 1.29 is 17.7 Å². The fourth-order valence-corrected chi connectivity index (χ4v) is 6.12. The molecule has 1 fully saturated rings. The molecule has 0 spiro atoms. The summed E-state index contributed by atoms with van der Waals surface area (Å²) in [6.07, 6.45) is 4.97. The van der Waals surface area contributed by atoms with E-state index in [1.165, 1.54) is 4.57 Å². The van der Waals surface area contributed by atoms with Crippen molar-refractivity contribution in [3.8, 4) is 11.3 Å². The summed E-state index contributed by atoms with van der Waals surface area (Å²) >= 11 is 0. The third kappa shape index (κ3) is 3.91. The second-order valence-electron chi connectivity index (χ2n) is 10.3. The van der Waals surface area contributed by atoms with Crippen LogP contribution in [-0.2, 0) is 39.2 Å². The molecule has 1 saturated heterocycles. The van der Waals surface area contributed by atoms with E-state index in [9.17, 15) is 13.2 Å². The zero-order chi connectivity index (χ0) is 26.0. The van der Waals surface area contributed by atoms with Crippen molar-refractivity contribution in [3.63, 3.8) is 0 Å². The Kier molecular flexibility index (Phi) is 5.58. The zero-order valence-corrected chi connectivity index (χ0v) is 22.0. The third-order valence-electron chi connectivity index (χ3n) is 7.10. The molecule has 1 aliphatic heterocycles. The summed E-state index contributed by atoms with van der Waals surface area (Å²) in [6, 6.07) is 10.6. The Morgan fingerprint density at radius 2 is 1.64 bits per heavy atom. The molecule has 0 aliphatic carbocycles. The first kappa shape index (κ1) is 24.5. The van der Waals surface area contributed by atoms with Crippen molar-refractivity contribution >= 4 is 33.5 Å². The van der Waals surface area contributed by atoms with Gasteiger partial charge < -0.3 is 13.9 Å². The molecule has 9 nitrogen and oxygen atoms in total. The average molecular weight is 508 g/mol. The Balaban J connectivity index is 1.80. The molecule has 3 aromatic heterocycles. The summed E-state index contributed by atoms with van der Waals surface area (Å²) in [4.78, 5) is 13.5. The Bertz CT molecular complexity index is 1620.